The van der Waals surface area contributed by atoms with Crippen molar-refractivity contribution in [3.05, 3.63) is 30.0 Å². The second-order valence-corrected chi connectivity index (χ2v) is 8.20. The van der Waals surface area contributed by atoms with Gasteiger partial charge in [-0.1, -0.05) is 12.1 Å². The summed E-state index contributed by atoms with van der Waals surface area (Å²) < 4.78 is 32.9. The van der Waals surface area contributed by atoms with Gasteiger partial charge in [0.1, 0.15) is 18.8 Å². The van der Waals surface area contributed by atoms with Crippen LogP contribution in [-0.4, -0.2) is 79.1 Å². The number of para-hydroxylation sites is 1. The molecule has 0 spiro atoms. The first kappa shape index (κ1) is 27.5. The first-order valence-corrected chi connectivity index (χ1v) is 11.3. The number of fused-ring (bicyclic) bond motifs is 1. The van der Waals surface area contributed by atoms with Crippen LogP contribution in [0, 0.1) is 0 Å². The molecule has 0 bridgehead atoms. The molecule has 5 atom stereocenters. The van der Waals surface area contributed by atoms with Crippen molar-refractivity contribution < 1.29 is 52.4 Å². The topological polar surface area (TPSA) is 169 Å². The van der Waals surface area contributed by atoms with Crippen molar-refractivity contribution >= 4 is 40.7 Å². The zero-order valence-electron chi connectivity index (χ0n) is 20.9. The summed E-state index contributed by atoms with van der Waals surface area (Å²) >= 11 is 0. The standard InChI is InChI=1S/C24H28N2O11/c1-11(27)25-19-22(35-14(4)30)21(34-13(3)29)17(10-33-12(2)28)36-24(19)37-20-15-8-6-7-9-16(15)26-18(20)23(31)32-5/h6-9,17,19,21-22,24,26H,10H2,1-5H3,(H,25,27)/t17?,19?,21-,22-,24+/m1/s1. The number of hydrogen-bond acceptors (Lipinski definition) is 11. The smallest absolute Gasteiger partial charge is 0.358 e. The summed E-state index contributed by atoms with van der Waals surface area (Å²) in [6.45, 7) is 4.28. The number of aromatic nitrogens is 1. The van der Waals surface area contributed by atoms with Crippen LogP contribution in [0.3, 0.4) is 0 Å². The Bertz CT molecular complexity index is 1190. The molecule has 200 valence electrons. The Morgan fingerprint density at radius 3 is 2.19 bits per heavy atom. The number of rotatable bonds is 8. The van der Waals surface area contributed by atoms with Gasteiger partial charge in [-0.3, -0.25) is 19.2 Å². The average Bonchev–Trinajstić information content (AvgIpc) is 3.18. The number of ether oxygens (including phenoxy) is 6. The summed E-state index contributed by atoms with van der Waals surface area (Å²) in [7, 11) is 1.20. The number of hydrogen-bond donors (Lipinski definition) is 2. The fourth-order valence-electron chi connectivity index (χ4n) is 3.99. The van der Waals surface area contributed by atoms with E-state index in [2.05, 4.69) is 10.3 Å². The van der Waals surface area contributed by atoms with E-state index in [1.54, 1.807) is 24.3 Å². The lowest BCUT2D eigenvalue weighted by Crippen LogP contribution is -2.67. The molecule has 3 rings (SSSR count). The highest BCUT2D eigenvalue weighted by Crippen LogP contribution is 2.35. The molecule has 0 aliphatic carbocycles. The molecular weight excluding hydrogens is 492 g/mol. The van der Waals surface area contributed by atoms with Crippen LogP contribution < -0.4 is 10.1 Å². The number of nitrogens with one attached hydrogen (secondary N) is 2. The number of esters is 4. The Kier molecular flexibility index (Phi) is 8.71. The Hall–Kier alpha value is -4.13. The van der Waals surface area contributed by atoms with Gasteiger partial charge in [-0.15, -0.1) is 0 Å². The molecular formula is C24H28N2O11. The third kappa shape index (κ3) is 6.55. The zero-order valence-corrected chi connectivity index (χ0v) is 20.9. The van der Waals surface area contributed by atoms with E-state index in [-0.39, 0.29) is 11.4 Å². The number of carbonyl (C=O) groups excluding carboxylic acids is 5. The van der Waals surface area contributed by atoms with Crippen LogP contribution in [0.15, 0.2) is 24.3 Å². The molecule has 0 radical (unpaired) electrons. The van der Waals surface area contributed by atoms with Gasteiger partial charge in [0.25, 0.3) is 0 Å². The van der Waals surface area contributed by atoms with Crippen molar-refractivity contribution in [2.45, 2.75) is 58.3 Å². The molecule has 1 aliphatic rings. The van der Waals surface area contributed by atoms with E-state index >= 15 is 0 Å². The molecule has 2 N–H and O–H groups in total. The SMILES string of the molecule is COC(=O)c1[nH]c2ccccc2c1O[C@@H]1OC(COC(C)=O)[C@@H](OC(C)=O)[C@H](OC(C)=O)C1NC(C)=O. The maximum Gasteiger partial charge on any atom is 0.358 e. The highest BCUT2D eigenvalue weighted by Gasteiger charge is 2.52. The van der Waals surface area contributed by atoms with E-state index in [1.807, 2.05) is 0 Å². The van der Waals surface area contributed by atoms with E-state index < -0.39 is 67.0 Å². The average molecular weight is 520 g/mol. The number of H-pyrrole nitrogens is 1. The molecule has 2 unspecified atom stereocenters. The monoisotopic (exact) mass is 520 g/mol. The van der Waals surface area contributed by atoms with Gasteiger partial charge in [0.05, 0.1) is 7.11 Å². The Morgan fingerprint density at radius 1 is 0.946 bits per heavy atom. The fraction of sp³-hybridized carbons (Fsp3) is 0.458. The van der Waals surface area contributed by atoms with E-state index in [9.17, 15) is 24.0 Å². The van der Waals surface area contributed by atoms with Gasteiger partial charge < -0.3 is 38.7 Å². The summed E-state index contributed by atoms with van der Waals surface area (Å²) in [6.07, 6.45) is -5.15. The van der Waals surface area contributed by atoms with Crippen molar-refractivity contribution in [3.8, 4) is 5.75 Å². The largest absolute Gasteiger partial charge is 0.464 e. The number of carbonyl (C=O) groups is 5. The van der Waals surface area contributed by atoms with Crippen LogP contribution in [0.2, 0.25) is 0 Å². The van der Waals surface area contributed by atoms with Gasteiger partial charge in [0, 0.05) is 38.6 Å². The molecule has 13 heteroatoms. The maximum atomic E-state index is 12.5. The number of methoxy groups -OCH3 is 1. The van der Waals surface area contributed by atoms with Gasteiger partial charge >= 0.3 is 23.9 Å². The second-order valence-electron chi connectivity index (χ2n) is 8.20. The summed E-state index contributed by atoms with van der Waals surface area (Å²) in [4.78, 5) is 63.0. The number of aromatic amines is 1. The van der Waals surface area contributed by atoms with Crippen LogP contribution in [0.4, 0.5) is 0 Å². The van der Waals surface area contributed by atoms with Crippen LogP contribution in [0.1, 0.15) is 38.2 Å². The summed E-state index contributed by atoms with van der Waals surface area (Å²) in [5.41, 5.74) is 0.520. The summed E-state index contributed by atoms with van der Waals surface area (Å²) in [5, 5.41) is 3.10. The van der Waals surface area contributed by atoms with E-state index in [1.165, 1.54) is 21.0 Å². The molecule has 0 saturated carbocycles. The minimum atomic E-state index is -1.40. The van der Waals surface area contributed by atoms with Crippen LogP contribution >= 0.6 is 0 Å². The molecule has 1 aromatic carbocycles. The third-order valence-corrected chi connectivity index (χ3v) is 5.35. The van der Waals surface area contributed by atoms with Crippen molar-refractivity contribution in [2.24, 2.45) is 0 Å². The van der Waals surface area contributed by atoms with Crippen molar-refractivity contribution in [3.63, 3.8) is 0 Å². The highest BCUT2D eigenvalue weighted by molar-refractivity contribution is 6.00. The maximum absolute atomic E-state index is 12.5. The third-order valence-electron chi connectivity index (χ3n) is 5.35. The lowest BCUT2D eigenvalue weighted by atomic mass is 9.96. The van der Waals surface area contributed by atoms with Gasteiger partial charge in [-0.25, -0.2) is 4.79 Å². The van der Waals surface area contributed by atoms with Crippen molar-refractivity contribution in [2.75, 3.05) is 13.7 Å². The van der Waals surface area contributed by atoms with Crippen molar-refractivity contribution in [1.29, 1.82) is 0 Å². The number of amides is 1. The van der Waals surface area contributed by atoms with Crippen LogP contribution in [-0.2, 0) is 42.9 Å². The summed E-state index contributed by atoms with van der Waals surface area (Å²) in [5.74, 6) is -3.34. The molecule has 13 nitrogen and oxygen atoms in total. The zero-order chi connectivity index (χ0) is 27.3. The minimum Gasteiger partial charge on any atom is -0.464 e. The molecule has 2 aromatic rings. The molecule has 1 aliphatic heterocycles. The quantitative estimate of drug-likeness (QED) is 0.376. The van der Waals surface area contributed by atoms with Crippen LogP contribution in [0.25, 0.3) is 10.9 Å². The molecule has 1 saturated heterocycles. The van der Waals surface area contributed by atoms with Gasteiger partial charge in [0.15, 0.2) is 23.7 Å². The Balaban J connectivity index is 2.11. The van der Waals surface area contributed by atoms with E-state index in [0.29, 0.717) is 10.9 Å². The Morgan fingerprint density at radius 2 is 1.59 bits per heavy atom. The van der Waals surface area contributed by atoms with E-state index in [4.69, 9.17) is 28.4 Å². The van der Waals surface area contributed by atoms with Gasteiger partial charge in [-0.2, -0.15) is 0 Å². The normalized spacial score (nSPS) is 23.0. The molecule has 37 heavy (non-hydrogen) atoms. The second kappa shape index (κ2) is 11.7. The number of benzene rings is 1. The predicted molar refractivity (Wildman–Crippen MR) is 124 cm³/mol. The molecule has 2 heterocycles. The minimum absolute atomic E-state index is 0.0310. The lowest BCUT2D eigenvalue weighted by molar-refractivity contribution is -0.257. The summed E-state index contributed by atoms with van der Waals surface area (Å²) in [6, 6.07) is 5.66. The first-order valence-electron chi connectivity index (χ1n) is 11.3. The predicted octanol–water partition coefficient (Wildman–Crippen LogP) is 0.989. The first-order chi connectivity index (χ1) is 17.5. The lowest BCUT2D eigenvalue weighted by Gasteiger charge is -2.44. The van der Waals surface area contributed by atoms with Gasteiger partial charge in [0.2, 0.25) is 12.2 Å². The molecule has 1 aromatic heterocycles. The molecule has 1 fully saturated rings. The fourth-order valence-corrected chi connectivity index (χ4v) is 3.99. The highest BCUT2D eigenvalue weighted by atomic mass is 16.7. The Labute approximate surface area is 211 Å². The van der Waals surface area contributed by atoms with E-state index in [0.717, 1.165) is 13.8 Å². The van der Waals surface area contributed by atoms with Gasteiger partial charge in [-0.05, 0) is 12.1 Å². The molecule has 1 amide bonds. The van der Waals surface area contributed by atoms with Crippen LogP contribution in [0.5, 0.6) is 5.75 Å². The van der Waals surface area contributed by atoms with Crippen molar-refractivity contribution in [1.82, 2.24) is 10.3 Å².